The average molecular weight is 281 g/mol. The van der Waals surface area contributed by atoms with Gasteiger partial charge in [0.25, 0.3) is 11.6 Å². The van der Waals surface area contributed by atoms with E-state index in [0.29, 0.717) is 6.54 Å². The second kappa shape index (κ2) is 5.83. The molecule has 8 heteroatoms. The first-order valence-corrected chi connectivity index (χ1v) is 6.00. The molecule has 1 heterocycles. The van der Waals surface area contributed by atoms with Gasteiger partial charge in [-0.2, -0.15) is 0 Å². The van der Waals surface area contributed by atoms with E-state index in [9.17, 15) is 14.9 Å². The molecule has 1 rings (SSSR count). The van der Waals surface area contributed by atoms with Crippen molar-refractivity contribution in [1.29, 1.82) is 0 Å². The predicted octanol–water partition coefficient (Wildman–Crippen LogP) is 0.642. The van der Waals surface area contributed by atoms with Crippen LogP contribution < -0.4 is 11.1 Å². The minimum atomic E-state index is -0.654. The molecule has 0 fully saturated rings. The molecule has 0 spiro atoms. The molecule has 1 aromatic rings. The number of nitrogen functional groups attached to an aromatic ring is 1. The van der Waals surface area contributed by atoms with Crippen LogP contribution in [0.1, 0.15) is 24.2 Å². The highest BCUT2D eigenvalue weighted by atomic mass is 16.6. The van der Waals surface area contributed by atoms with Crippen LogP contribution in [0.15, 0.2) is 12.3 Å². The number of hydrogen-bond donors (Lipinski definition) is 2. The molecule has 110 valence electrons. The van der Waals surface area contributed by atoms with Gasteiger partial charge in [0.15, 0.2) is 0 Å². The Kier molecular flexibility index (Phi) is 4.61. The fourth-order valence-electron chi connectivity index (χ4n) is 1.34. The Hall–Kier alpha value is -2.22. The van der Waals surface area contributed by atoms with Crippen molar-refractivity contribution in [2.24, 2.45) is 0 Å². The van der Waals surface area contributed by atoms with Crippen LogP contribution in [0, 0.1) is 10.1 Å². The molecule has 0 radical (unpaired) electrons. The van der Waals surface area contributed by atoms with Gasteiger partial charge in [0.1, 0.15) is 17.6 Å². The first-order valence-electron chi connectivity index (χ1n) is 6.00. The van der Waals surface area contributed by atoms with Crippen molar-refractivity contribution in [3.05, 3.63) is 27.9 Å². The smallest absolute Gasteiger partial charge is 0.300 e. The molecule has 0 aromatic carbocycles. The van der Waals surface area contributed by atoms with Gasteiger partial charge in [-0.15, -0.1) is 0 Å². The predicted molar refractivity (Wildman–Crippen MR) is 75.4 cm³/mol. The SMILES string of the molecule is CN(C)C(C)(C)CNC(=O)c1cc(N)ncc1[N+](=O)[O-]. The average Bonchev–Trinajstić information content (AvgIpc) is 2.35. The van der Waals surface area contributed by atoms with E-state index in [2.05, 4.69) is 10.3 Å². The summed E-state index contributed by atoms with van der Waals surface area (Å²) in [6, 6.07) is 1.20. The summed E-state index contributed by atoms with van der Waals surface area (Å²) >= 11 is 0. The summed E-state index contributed by atoms with van der Waals surface area (Å²) in [6.45, 7) is 4.24. The lowest BCUT2D eigenvalue weighted by atomic mass is 10.0. The van der Waals surface area contributed by atoms with Crippen molar-refractivity contribution >= 4 is 17.4 Å². The van der Waals surface area contributed by atoms with E-state index in [-0.39, 0.29) is 22.6 Å². The Labute approximate surface area is 117 Å². The zero-order valence-corrected chi connectivity index (χ0v) is 12.0. The summed E-state index contributed by atoms with van der Waals surface area (Å²) < 4.78 is 0. The summed E-state index contributed by atoms with van der Waals surface area (Å²) in [4.78, 5) is 27.9. The van der Waals surface area contributed by atoms with Gasteiger partial charge in [-0.3, -0.25) is 14.9 Å². The van der Waals surface area contributed by atoms with Crippen LogP contribution in [-0.4, -0.2) is 46.9 Å². The third-order valence-corrected chi connectivity index (χ3v) is 3.24. The standard InChI is InChI=1S/C12H19N5O3/c1-12(2,16(3)4)7-15-11(18)8-5-10(13)14-6-9(8)17(19)20/h5-6H,7H2,1-4H3,(H2,13,14)(H,15,18). The van der Waals surface area contributed by atoms with E-state index in [4.69, 9.17) is 5.73 Å². The summed E-state index contributed by atoms with van der Waals surface area (Å²) in [6.07, 6.45) is 0.987. The number of nitrogens with zero attached hydrogens (tertiary/aromatic N) is 3. The third-order valence-electron chi connectivity index (χ3n) is 3.24. The normalized spacial score (nSPS) is 11.4. The van der Waals surface area contributed by atoms with E-state index in [0.717, 1.165) is 6.20 Å². The number of anilines is 1. The van der Waals surface area contributed by atoms with Gasteiger partial charge >= 0.3 is 0 Å². The van der Waals surface area contributed by atoms with Crippen LogP contribution in [0.25, 0.3) is 0 Å². The number of hydrogen-bond acceptors (Lipinski definition) is 6. The first kappa shape index (κ1) is 15.8. The third kappa shape index (κ3) is 3.64. The van der Waals surface area contributed by atoms with Gasteiger partial charge < -0.3 is 16.0 Å². The number of amides is 1. The summed E-state index contributed by atoms with van der Waals surface area (Å²) in [5.74, 6) is -0.478. The molecule has 0 saturated heterocycles. The number of nitrogens with one attached hydrogen (secondary N) is 1. The van der Waals surface area contributed by atoms with Crippen molar-refractivity contribution in [2.45, 2.75) is 19.4 Å². The summed E-state index contributed by atoms with van der Waals surface area (Å²) in [5, 5.41) is 13.6. The second-order valence-electron chi connectivity index (χ2n) is 5.27. The van der Waals surface area contributed by atoms with E-state index < -0.39 is 10.8 Å². The molecule has 1 amide bonds. The van der Waals surface area contributed by atoms with Gasteiger partial charge in [-0.05, 0) is 34.0 Å². The maximum atomic E-state index is 12.1. The van der Waals surface area contributed by atoms with Crippen molar-refractivity contribution in [3.8, 4) is 0 Å². The monoisotopic (exact) mass is 281 g/mol. The number of carbonyl (C=O) groups is 1. The van der Waals surface area contributed by atoms with Crippen LogP contribution in [0.4, 0.5) is 11.5 Å². The fraction of sp³-hybridized carbons (Fsp3) is 0.500. The van der Waals surface area contributed by atoms with Crippen LogP contribution >= 0.6 is 0 Å². The maximum Gasteiger partial charge on any atom is 0.300 e. The molecule has 20 heavy (non-hydrogen) atoms. The topological polar surface area (TPSA) is 114 Å². The molecule has 0 aliphatic carbocycles. The highest BCUT2D eigenvalue weighted by molar-refractivity contribution is 5.98. The number of nitrogens with two attached hydrogens (primary N) is 1. The Balaban J connectivity index is 2.93. The molecule has 8 nitrogen and oxygen atoms in total. The minimum absolute atomic E-state index is 0.0626. The van der Waals surface area contributed by atoms with Crippen molar-refractivity contribution in [1.82, 2.24) is 15.2 Å². The molecule has 0 saturated carbocycles. The maximum absolute atomic E-state index is 12.1. The molecule has 3 N–H and O–H groups in total. The highest BCUT2D eigenvalue weighted by Crippen LogP contribution is 2.19. The van der Waals surface area contributed by atoms with Gasteiger partial charge in [-0.25, -0.2) is 4.98 Å². The fourth-order valence-corrected chi connectivity index (χ4v) is 1.34. The van der Waals surface area contributed by atoms with Gasteiger partial charge in [-0.1, -0.05) is 0 Å². The first-order chi connectivity index (χ1) is 9.15. The number of aromatic nitrogens is 1. The molecular weight excluding hydrogens is 262 g/mol. The molecule has 0 bridgehead atoms. The second-order valence-corrected chi connectivity index (χ2v) is 5.27. The van der Waals surface area contributed by atoms with Crippen LogP contribution in [0.5, 0.6) is 0 Å². The quantitative estimate of drug-likeness (QED) is 0.604. The molecule has 0 atom stereocenters. The molecule has 1 aromatic heterocycles. The summed E-state index contributed by atoms with van der Waals surface area (Å²) in [5.41, 5.74) is 4.75. The largest absolute Gasteiger partial charge is 0.384 e. The zero-order valence-electron chi connectivity index (χ0n) is 12.0. The number of carbonyl (C=O) groups excluding carboxylic acids is 1. The van der Waals surface area contributed by atoms with Crippen LogP contribution in [0.2, 0.25) is 0 Å². The van der Waals surface area contributed by atoms with Gasteiger partial charge in [0.2, 0.25) is 0 Å². The number of likely N-dealkylation sites (N-methyl/N-ethyl adjacent to an activating group) is 1. The Morgan fingerprint density at radius 1 is 1.55 bits per heavy atom. The zero-order chi connectivity index (χ0) is 15.5. The van der Waals surface area contributed by atoms with Crippen molar-refractivity contribution in [3.63, 3.8) is 0 Å². The van der Waals surface area contributed by atoms with Crippen LogP contribution in [-0.2, 0) is 0 Å². The number of pyridine rings is 1. The summed E-state index contributed by atoms with van der Waals surface area (Å²) in [7, 11) is 3.78. The Morgan fingerprint density at radius 3 is 2.65 bits per heavy atom. The van der Waals surface area contributed by atoms with E-state index in [1.165, 1.54) is 6.07 Å². The van der Waals surface area contributed by atoms with E-state index >= 15 is 0 Å². The number of rotatable bonds is 5. The lowest BCUT2D eigenvalue weighted by molar-refractivity contribution is -0.385. The Morgan fingerprint density at radius 2 is 2.15 bits per heavy atom. The van der Waals surface area contributed by atoms with Crippen molar-refractivity contribution in [2.75, 3.05) is 26.4 Å². The Bertz CT molecular complexity index is 528. The highest BCUT2D eigenvalue weighted by Gasteiger charge is 2.25. The minimum Gasteiger partial charge on any atom is -0.384 e. The van der Waals surface area contributed by atoms with E-state index in [1.54, 1.807) is 0 Å². The lowest BCUT2D eigenvalue weighted by Crippen LogP contribution is -2.48. The van der Waals surface area contributed by atoms with Gasteiger partial charge in [0.05, 0.1) is 4.92 Å². The van der Waals surface area contributed by atoms with Crippen LogP contribution in [0.3, 0.4) is 0 Å². The molecule has 0 unspecified atom stereocenters. The van der Waals surface area contributed by atoms with Gasteiger partial charge in [0, 0.05) is 12.1 Å². The van der Waals surface area contributed by atoms with E-state index in [1.807, 2.05) is 32.8 Å². The number of nitro groups is 1. The molecule has 0 aliphatic heterocycles. The van der Waals surface area contributed by atoms with Crippen molar-refractivity contribution < 1.29 is 9.72 Å². The molecule has 0 aliphatic rings. The molecular formula is C12H19N5O3. The lowest BCUT2D eigenvalue weighted by Gasteiger charge is -2.32.